The summed E-state index contributed by atoms with van der Waals surface area (Å²) >= 11 is 0. The van der Waals surface area contributed by atoms with E-state index in [0.29, 0.717) is 0 Å². The molecule has 0 amide bonds. The van der Waals surface area contributed by atoms with Crippen molar-refractivity contribution in [1.82, 2.24) is 0 Å². The Morgan fingerprint density at radius 3 is 1.43 bits per heavy atom. The fourth-order valence-corrected chi connectivity index (χ4v) is 3.09. The zero-order chi connectivity index (χ0) is 30.4. The molecule has 1 rings (SSSR count). The maximum atomic E-state index is 12.2. The fourth-order valence-electron chi connectivity index (χ4n) is 3.09. The number of hydrogen-bond donors (Lipinski definition) is 9. The second-order valence-electron chi connectivity index (χ2n) is 8.19. The Hall–Kier alpha value is -2.68. The normalized spacial score (nSPS) is 25.7. The number of quaternary nitrogens is 4. The number of ether oxygens (including phenoxy) is 5. The summed E-state index contributed by atoms with van der Waals surface area (Å²) in [5.74, 6) is -4.63. The summed E-state index contributed by atoms with van der Waals surface area (Å²) in [4.78, 5) is 48.4. The van der Waals surface area contributed by atoms with Crippen molar-refractivity contribution in [3.05, 3.63) is 20.8 Å². The molecule has 0 aromatic carbocycles. The molecular formula is C18H32N4O18. The minimum atomic E-state index is -2.09. The van der Waals surface area contributed by atoms with Gasteiger partial charge in [0.2, 0.25) is 6.29 Å². The molecule has 4 unspecified atom stereocenters. The first-order valence-corrected chi connectivity index (χ1v) is 11.6. The van der Waals surface area contributed by atoms with Crippen LogP contribution in [-0.2, 0) is 42.9 Å². The highest BCUT2D eigenvalue weighted by Crippen LogP contribution is 2.28. The molecule has 22 heteroatoms. The Morgan fingerprint density at radius 1 is 0.625 bits per heavy atom. The maximum Gasteiger partial charge on any atom is 0.314 e. The zero-order valence-corrected chi connectivity index (χ0v) is 20.8. The highest BCUT2D eigenvalue weighted by atomic mass is 16.8. The number of hydroxylamine groups is 8. The van der Waals surface area contributed by atoms with Crippen LogP contribution >= 0.6 is 0 Å². The van der Waals surface area contributed by atoms with E-state index in [1.54, 1.807) is 0 Å². The Bertz CT molecular complexity index is 812. The number of carbonyl (C=O) groups excluding carboxylic acids is 4. The van der Waals surface area contributed by atoms with Crippen LogP contribution in [0.5, 0.6) is 0 Å². The largest absolute Gasteiger partial charge is 0.600 e. The Balaban J connectivity index is 3.18. The molecule has 0 aromatic heterocycles. The third-order valence-electron chi connectivity index (χ3n) is 4.98. The van der Waals surface area contributed by atoms with Crippen LogP contribution in [0, 0.1) is 20.8 Å². The van der Waals surface area contributed by atoms with Gasteiger partial charge in [-0.2, -0.15) is 0 Å². The SMILES string of the molecule is O=C(CC[NH+]([O-])O)OC[C@H]1O[C@@H](OC(=O)CC[NH+]([O-])O)[C@H](OC(=O)CC[NH+]([O-])O)[C@@H](O)[C@@H]1OC(=O)CC[NH+]([O-])O. The quantitative estimate of drug-likeness (QED) is 0.0430. The van der Waals surface area contributed by atoms with Crippen LogP contribution < -0.4 is 20.9 Å². The van der Waals surface area contributed by atoms with E-state index in [1.165, 1.54) is 0 Å². The van der Waals surface area contributed by atoms with Crippen LogP contribution in [0.1, 0.15) is 25.7 Å². The third kappa shape index (κ3) is 14.1. The second kappa shape index (κ2) is 17.9. The van der Waals surface area contributed by atoms with Gasteiger partial charge < -0.3 is 49.6 Å². The van der Waals surface area contributed by atoms with Gasteiger partial charge in [0.15, 0.2) is 12.2 Å². The molecule has 1 heterocycles. The molecule has 1 fully saturated rings. The van der Waals surface area contributed by atoms with E-state index in [1.807, 2.05) is 0 Å². The first kappa shape index (κ1) is 35.3. The standard InChI is InChI=1S/C18H32N4O18/c23-11(1-5-19(28)29)36-9-10-16(38-12(24)2-6-20(30)31)15(27)17(39-13(25)3-7-21(32)33)18(37-10)40-14(26)4-8-22(34)35/h10,15-22,27-28,30,32,34H,1-9H2/t10-,15+,16-,17-,18+/m1/s1. The molecule has 232 valence electrons. The lowest BCUT2D eigenvalue weighted by molar-refractivity contribution is -1.05. The van der Waals surface area contributed by atoms with Gasteiger partial charge in [-0.15, -0.1) is 0 Å². The molecule has 9 N–H and O–H groups in total. The summed E-state index contributed by atoms with van der Waals surface area (Å²) in [5, 5.41) is 83.4. The summed E-state index contributed by atoms with van der Waals surface area (Å²) in [7, 11) is 0. The molecule has 1 saturated heterocycles. The predicted molar refractivity (Wildman–Crippen MR) is 114 cm³/mol. The Labute approximate surface area is 224 Å². The molecule has 1 aliphatic heterocycles. The molecule has 40 heavy (non-hydrogen) atoms. The second-order valence-corrected chi connectivity index (χ2v) is 8.19. The highest BCUT2D eigenvalue weighted by Gasteiger charge is 2.51. The van der Waals surface area contributed by atoms with Crippen molar-refractivity contribution in [2.45, 2.75) is 56.4 Å². The molecule has 22 nitrogen and oxygen atoms in total. The summed E-state index contributed by atoms with van der Waals surface area (Å²) in [6.45, 7) is -3.46. The molecule has 0 aromatic rings. The van der Waals surface area contributed by atoms with E-state index in [9.17, 15) is 45.1 Å². The molecule has 0 bridgehead atoms. The van der Waals surface area contributed by atoms with Gasteiger partial charge in [0.05, 0.1) is 25.7 Å². The van der Waals surface area contributed by atoms with Crippen LogP contribution in [0.15, 0.2) is 0 Å². The van der Waals surface area contributed by atoms with E-state index in [2.05, 4.69) is 0 Å². The molecule has 1 aliphatic rings. The van der Waals surface area contributed by atoms with Crippen molar-refractivity contribution in [3.8, 4) is 0 Å². The van der Waals surface area contributed by atoms with E-state index >= 15 is 0 Å². The topological polar surface area (TPSA) is 326 Å². The van der Waals surface area contributed by atoms with Gasteiger partial charge in [0, 0.05) is 0 Å². The summed E-state index contributed by atoms with van der Waals surface area (Å²) in [5.41, 5.74) is 0. The van der Waals surface area contributed by atoms with Gasteiger partial charge in [-0.3, -0.25) is 19.2 Å². The highest BCUT2D eigenvalue weighted by molar-refractivity contribution is 5.71. The van der Waals surface area contributed by atoms with Crippen LogP contribution in [0.25, 0.3) is 0 Å². The van der Waals surface area contributed by atoms with E-state index in [4.69, 9.17) is 44.5 Å². The molecule has 0 saturated carbocycles. The number of esters is 4. The first-order valence-electron chi connectivity index (χ1n) is 11.6. The fraction of sp³-hybridized carbons (Fsp3) is 0.778. The molecule has 0 spiro atoms. The van der Waals surface area contributed by atoms with Crippen molar-refractivity contribution >= 4 is 23.9 Å². The van der Waals surface area contributed by atoms with Gasteiger partial charge in [0.25, 0.3) is 0 Å². The smallest absolute Gasteiger partial charge is 0.314 e. The minimum Gasteiger partial charge on any atom is -0.600 e. The molecule has 0 aliphatic carbocycles. The lowest BCUT2D eigenvalue weighted by Gasteiger charge is -2.42. The van der Waals surface area contributed by atoms with Crippen LogP contribution in [0.3, 0.4) is 0 Å². The van der Waals surface area contributed by atoms with Crippen molar-refractivity contribution in [3.63, 3.8) is 0 Å². The maximum absolute atomic E-state index is 12.2. The average Bonchev–Trinajstić information content (AvgIpc) is 2.86. The lowest BCUT2D eigenvalue weighted by atomic mass is 9.98. The summed E-state index contributed by atoms with van der Waals surface area (Å²) in [6.07, 6.45) is -12.2. The van der Waals surface area contributed by atoms with Crippen molar-refractivity contribution in [1.29, 1.82) is 0 Å². The van der Waals surface area contributed by atoms with Crippen LogP contribution in [0.4, 0.5) is 0 Å². The predicted octanol–water partition coefficient (Wildman–Crippen LogP) is -8.37. The number of carbonyl (C=O) groups is 4. The number of hydrogen-bond acceptors (Lipinski definition) is 18. The molecule has 9 atom stereocenters. The zero-order valence-electron chi connectivity index (χ0n) is 20.8. The van der Waals surface area contributed by atoms with Crippen LogP contribution in [0.2, 0.25) is 0 Å². The summed E-state index contributed by atoms with van der Waals surface area (Å²) < 4.78 is 25.4. The Kier molecular flexibility index (Phi) is 15.8. The monoisotopic (exact) mass is 592 g/mol. The summed E-state index contributed by atoms with van der Waals surface area (Å²) in [6, 6.07) is 0. The molecular weight excluding hydrogens is 560 g/mol. The van der Waals surface area contributed by atoms with Crippen molar-refractivity contribution in [2.24, 2.45) is 0 Å². The van der Waals surface area contributed by atoms with Gasteiger partial charge in [0.1, 0.15) is 45.0 Å². The number of aliphatic hydroxyl groups is 1. The van der Waals surface area contributed by atoms with Crippen molar-refractivity contribution in [2.75, 3.05) is 32.8 Å². The van der Waals surface area contributed by atoms with Crippen LogP contribution in [-0.4, -0.2) is 113 Å². The third-order valence-corrected chi connectivity index (χ3v) is 4.98. The lowest BCUT2D eigenvalue weighted by Crippen LogP contribution is -3.04. The number of nitrogens with one attached hydrogen (secondary N) is 4. The molecule has 0 radical (unpaired) electrons. The van der Waals surface area contributed by atoms with Gasteiger partial charge in [-0.25, -0.2) is 41.7 Å². The Morgan fingerprint density at radius 2 is 1.00 bits per heavy atom. The van der Waals surface area contributed by atoms with E-state index in [0.717, 1.165) is 0 Å². The van der Waals surface area contributed by atoms with E-state index < -0.39 is 134 Å². The average molecular weight is 592 g/mol. The number of rotatable bonds is 17. The van der Waals surface area contributed by atoms with Gasteiger partial charge in [-0.1, -0.05) is 0 Å². The van der Waals surface area contributed by atoms with Gasteiger partial charge in [-0.05, 0) is 0 Å². The number of aliphatic hydroxyl groups excluding tert-OH is 1. The minimum absolute atomic E-state index is 0.578. The van der Waals surface area contributed by atoms with Crippen molar-refractivity contribution < 1.29 is 89.7 Å². The van der Waals surface area contributed by atoms with Gasteiger partial charge >= 0.3 is 23.9 Å². The first-order chi connectivity index (χ1) is 18.7. The van der Waals surface area contributed by atoms with E-state index in [-0.39, 0.29) is 0 Å².